The summed E-state index contributed by atoms with van der Waals surface area (Å²) in [5.41, 5.74) is 15.5. The van der Waals surface area contributed by atoms with Crippen molar-refractivity contribution < 1.29 is 0 Å². The van der Waals surface area contributed by atoms with E-state index in [0.29, 0.717) is 0 Å². The van der Waals surface area contributed by atoms with Crippen LogP contribution in [0.4, 0.5) is 17.1 Å². The molecule has 65 heavy (non-hydrogen) atoms. The molecule has 1 aliphatic carbocycles. The third kappa shape index (κ3) is 5.78. The van der Waals surface area contributed by atoms with E-state index in [9.17, 15) is 0 Å². The van der Waals surface area contributed by atoms with E-state index < -0.39 is 5.41 Å². The van der Waals surface area contributed by atoms with Crippen LogP contribution in [-0.2, 0) is 5.41 Å². The average molecular weight is 844 g/mol. The van der Waals surface area contributed by atoms with Crippen molar-refractivity contribution in [2.24, 2.45) is 0 Å². The molecule has 0 radical (unpaired) electrons. The second kappa shape index (κ2) is 15.1. The Bertz CT molecular complexity index is 3730. The van der Waals surface area contributed by atoms with Crippen LogP contribution in [0.2, 0.25) is 0 Å². The van der Waals surface area contributed by atoms with Crippen molar-refractivity contribution in [3.05, 3.63) is 271 Å². The second-order valence-corrected chi connectivity index (χ2v) is 18.2. The van der Waals surface area contributed by atoms with Crippen LogP contribution in [0, 0.1) is 0 Å². The summed E-state index contributed by atoms with van der Waals surface area (Å²) in [5, 5.41) is 7.59. The molecule has 0 fully saturated rings. The number of thiophene rings is 1. The number of hydrogen-bond acceptors (Lipinski definition) is 2. The van der Waals surface area contributed by atoms with Crippen molar-refractivity contribution in [2.75, 3.05) is 4.90 Å². The van der Waals surface area contributed by atoms with Crippen molar-refractivity contribution in [1.82, 2.24) is 0 Å². The molecule has 0 spiro atoms. The van der Waals surface area contributed by atoms with Crippen LogP contribution >= 0.6 is 11.3 Å². The summed E-state index contributed by atoms with van der Waals surface area (Å²) in [5.74, 6) is 0. The molecule has 13 rings (SSSR count). The minimum Gasteiger partial charge on any atom is -0.309 e. The molecule has 1 heterocycles. The van der Waals surface area contributed by atoms with Gasteiger partial charge in [-0.1, -0.05) is 212 Å². The Labute approximate surface area is 382 Å². The van der Waals surface area contributed by atoms with Crippen molar-refractivity contribution in [1.29, 1.82) is 0 Å². The molecular weight excluding hydrogens is 803 g/mol. The minimum absolute atomic E-state index is 0.511. The van der Waals surface area contributed by atoms with Gasteiger partial charge in [0.25, 0.3) is 0 Å². The highest BCUT2D eigenvalue weighted by molar-refractivity contribution is 7.26. The molecule has 1 nitrogen and oxygen atoms in total. The molecule has 12 aromatic rings. The Kier molecular flexibility index (Phi) is 8.69. The van der Waals surface area contributed by atoms with Crippen LogP contribution in [0.5, 0.6) is 0 Å². The first-order chi connectivity index (χ1) is 32.3. The van der Waals surface area contributed by atoms with Crippen LogP contribution in [0.25, 0.3) is 75.1 Å². The molecule has 11 aromatic carbocycles. The highest BCUT2D eigenvalue weighted by atomic mass is 32.1. The van der Waals surface area contributed by atoms with Crippen molar-refractivity contribution in [3.8, 4) is 33.4 Å². The maximum absolute atomic E-state index is 2.49. The predicted octanol–water partition coefficient (Wildman–Crippen LogP) is 17.5. The zero-order valence-electron chi connectivity index (χ0n) is 35.5. The molecule has 0 unspecified atom stereocenters. The fourth-order valence-corrected chi connectivity index (χ4v) is 12.1. The largest absolute Gasteiger partial charge is 0.309 e. The first-order valence-electron chi connectivity index (χ1n) is 22.4. The molecule has 304 valence electrons. The highest BCUT2D eigenvalue weighted by Gasteiger charge is 2.46. The van der Waals surface area contributed by atoms with Crippen molar-refractivity contribution in [2.45, 2.75) is 5.41 Å². The monoisotopic (exact) mass is 843 g/mol. The van der Waals surface area contributed by atoms with Gasteiger partial charge in [0.2, 0.25) is 0 Å². The highest BCUT2D eigenvalue weighted by Crippen LogP contribution is 2.57. The molecule has 0 saturated heterocycles. The molecule has 0 atom stereocenters. The van der Waals surface area contributed by atoms with Crippen LogP contribution in [0.3, 0.4) is 0 Å². The van der Waals surface area contributed by atoms with Crippen molar-refractivity contribution in [3.63, 3.8) is 0 Å². The first-order valence-corrected chi connectivity index (χ1v) is 23.2. The van der Waals surface area contributed by atoms with E-state index in [1.807, 2.05) is 11.3 Å². The molecule has 0 bridgehead atoms. The van der Waals surface area contributed by atoms with Crippen LogP contribution in [0.1, 0.15) is 22.3 Å². The number of anilines is 3. The smallest absolute Gasteiger partial charge is 0.0714 e. The number of fused-ring (bicyclic) bond motifs is 8. The summed E-state index contributed by atoms with van der Waals surface area (Å²) in [4.78, 5) is 2.49. The molecular formula is C63H41NS. The molecule has 2 heteroatoms. The fraction of sp³-hybridized carbons (Fsp3) is 0.0159. The van der Waals surface area contributed by atoms with E-state index in [-0.39, 0.29) is 0 Å². The topological polar surface area (TPSA) is 3.24 Å². The van der Waals surface area contributed by atoms with Gasteiger partial charge in [0, 0.05) is 26.8 Å². The van der Waals surface area contributed by atoms with Gasteiger partial charge in [-0.05, 0) is 114 Å². The summed E-state index contributed by atoms with van der Waals surface area (Å²) in [6.45, 7) is 0. The van der Waals surface area contributed by atoms with Gasteiger partial charge < -0.3 is 4.90 Å². The summed E-state index contributed by atoms with van der Waals surface area (Å²) in [6.07, 6.45) is 0. The minimum atomic E-state index is -0.511. The van der Waals surface area contributed by atoms with Gasteiger partial charge in [0.05, 0.1) is 15.8 Å². The number of benzene rings is 11. The molecule has 1 aliphatic rings. The molecule has 0 N–H and O–H groups in total. The Hall–Kier alpha value is -8.04. The summed E-state index contributed by atoms with van der Waals surface area (Å²) < 4.78 is 2.56. The second-order valence-electron chi connectivity index (χ2n) is 17.1. The van der Waals surface area contributed by atoms with Crippen molar-refractivity contribution >= 4 is 70.1 Å². The Morgan fingerprint density at radius 3 is 1.63 bits per heavy atom. The maximum Gasteiger partial charge on any atom is 0.0714 e. The van der Waals surface area contributed by atoms with Crippen LogP contribution < -0.4 is 4.90 Å². The van der Waals surface area contributed by atoms with E-state index in [1.165, 1.54) is 103 Å². The van der Waals surface area contributed by atoms with E-state index >= 15 is 0 Å². The standard InChI is InChI=1S/C63H41NS/c1-3-19-44(20-4-1)63(45-21-5-2-6-22-45)58-30-13-11-26-54(58)55-38-37-47(41-59(55)63)64(60-31-16-29-57-56-27-12-14-32-61(56)65-62(57)60)46-35-33-43(34-36-46)49-39-40-53(52-25-10-9-24-50(49)52)51-28-15-18-42-17-7-8-23-48(42)51/h1-41H. The van der Waals surface area contributed by atoms with E-state index in [4.69, 9.17) is 0 Å². The summed E-state index contributed by atoms with van der Waals surface area (Å²) in [6, 6.07) is 92.1. The number of rotatable bonds is 7. The zero-order chi connectivity index (χ0) is 42.9. The lowest BCUT2D eigenvalue weighted by atomic mass is 9.67. The van der Waals surface area contributed by atoms with Gasteiger partial charge in [-0.3, -0.25) is 0 Å². The normalized spacial score (nSPS) is 12.7. The predicted molar refractivity (Wildman–Crippen MR) is 277 cm³/mol. The lowest BCUT2D eigenvalue weighted by molar-refractivity contribution is 0.768. The van der Waals surface area contributed by atoms with Crippen LogP contribution in [0.15, 0.2) is 249 Å². The third-order valence-corrected chi connectivity index (χ3v) is 15.0. The molecule has 0 aliphatic heterocycles. The number of nitrogens with zero attached hydrogens (tertiary/aromatic N) is 1. The van der Waals surface area contributed by atoms with Gasteiger partial charge in [0.15, 0.2) is 0 Å². The van der Waals surface area contributed by atoms with Gasteiger partial charge in [-0.2, -0.15) is 0 Å². The Balaban J connectivity index is 1.01. The van der Waals surface area contributed by atoms with Gasteiger partial charge in [0.1, 0.15) is 0 Å². The lowest BCUT2D eigenvalue weighted by Gasteiger charge is -2.35. The van der Waals surface area contributed by atoms with E-state index in [2.05, 4.69) is 254 Å². The zero-order valence-corrected chi connectivity index (χ0v) is 36.3. The van der Waals surface area contributed by atoms with E-state index in [1.54, 1.807) is 0 Å². The quantitative estimate of drug-likeness (QED) is 0.154. The Morgan fingerprint density at radius 2 is 0.846 bits per heavy atom. The molecule has 1 aromatic heterocycles. The maximum atomic E-state index is 2.49. The van der Waals surface area contributed by atoms with Gasteiger partial charge >= 0.3 is 0 Å². The number of hydrogen-bond donors (Lipinski definition) is 0. The summed E-state index contributed by atoms with van der Waals surface area (Å²) in [7, 11) is 0. The SMILES string of the molecule is c1ccc(C2(c3ccccc3)c3ccccc3-c3ccc(N(c4ccc(-c5ccc(-c6cccc7ccccc67)c6ccccc56)cc4)c4cccc5c4sc4ccccc45)cc32)cc1. The van der Waals surface area contributed by atoms with Crippen LogP contribution in [-0.4, -0.2) is 0 Å². The van der Waals surface area contributed by atoms with Gasteiger partial charge in [-0.25, -0.2) is 0 Å². The molecule has 0 saturated carbocycles. The fourth-order valence-electron chi connectivity index (χ4n) is 10.9. The third-order valence-electron chi connectivity index (χ3n) is 13.8. The first kappa shape index (κ1) is 37.5. The van der Waals surface area contributed by atoms with Gasteiger partial charge in [-0.15, -0.1) is 11.3 Å². The lowest BCUT2D eigenvalue weighted by Crippen LogP contribution is -2.28. The average Bonchev–Trinajstić information content (AvgIpc) is 3.91. The molecule has 0 amide bonds. The summed E-state index contributed by atoms with van der Waals surface area (Å²) >= 11 is 1.87. The van der Waals surface area contributed by atoms with E-state index in [0.717, 1.165) is 11.4 Å². The Morgan fingerprint density at radius 1 is 0.323 bits per heavy atom.